The van der Waals surface area contributed by atoms with Crippen molar-refractivity contribution in [3.05, 3.63) is 42.2 Å². The summed E-state index contributed by atoms with van der Waals surface area (Å²) in [4.78, 5) is 12.4. The Balaban J connectivity index is 2.34. The van der Waals surface area contributed by atoms with Crippen LogP contribution in [-0.4, -0.2) is 15.1 Å². The minimum atomic E-state index is 0.700. The van der Waals surface area contributed by atoms with Crippen molar-refractivity contribution in [3.8, 4) is 11.4 Å². The molecule has 2 heterocycles. The van der Waals surface area contributed by atoms with Crippen LogP contribution in [-0.2, 0) is 0 Å². The van der Waals surface area contributed by atoms with Crippen LogP contribution < -0.4 is 0 Å². The van der Waals surface area contributed by atoms with E-state index in [4.69, 9.17) is 0 Å². The highest BCUT2D eigenvalue weighted by Gasteiger charge is 1.99. The van der Waals surface area contributed by atoms with Gasteiger partial charge in [0.1, 0.15) is 0 Å². The summed E-state index contributed by atoms with van der Waals surface area (Å²) in [6.45, 7) is 2.00. The molecule has 0 aliphatic rings. The van der Waals surface area contributed by atoms with Crippen LogP contribution in [0.2, 0.25) is 0 Å². The first-order chi connectivity index (χ1) is 7.79. The zero-order valence-electron chi connectivity index (χ0n) is 8.71. The van der Waals surface area contributed by atoms with Gasteiger partial charge in [0, 0.05) is 6.20 Å². The lowest BCUT2D eigenvalue weighted by molar-refractivity contribution is 1.22. The monoisotopic (exact) mass is 227 g/mol. The van der Waals surface area contributed by atoms with Crippen LogP contribution >= 0.6 is 12.2 Å². The fourth-order valence-electron chi connectivity index (χ4n) is 1.28. The summed E-state index contributed by atoms with van der Waals surface area (Å²) in [5.41, 5.74) is 3.50. The topological polar surface area (TPSA) is 38.1 Å². The molecule has 2 aromatic heterocycles. The highest BCUT2D eigenvalue weighted by Crippen LogP contribution is 2.17. The van der Waals surface area contributed by atoms with Gasteiger partial charge in [-0.15, -0.1) is 0 Å². The van der Waals surface area contributed by atoms with Gasteiger partial charge < -0.3 is 0 Å². The minimum Gasteiger partial charge on any atom is -0.254 e. The number of aryl methyl sites for hydroxylation is 1. The molecule has 4 heteroatoms. The zero-order chi connectivity index (χ0) is 11.4. The molecule has 0 aromatic carbocycles. The van der Waals surface area contributed by atoms with E-state index in [0.717, 1.165) is 17.0 Å². The number of aliphatic imine (C=N–C) groups is 1. The summed E-state index contributed by atoms with van der Waals surface area (Å²) in [6.07, 6.45) is 3.47. The van der Waals surface area contributed by atoms with Crippen LogP contribution in [0.4, 0.5) is 5.69 Å². The lowest BCUT2D eigenvalue weighted by Crippen LogP contribution is -1.86. The number of hydrogen-bond acceptors (Lipinski definition) is 4. The average molecular weight is 227 g/mol. The Kier molecular flexibility index (Phi) is 3.15. The van der Waals surface area contributed by atoms with Gasteiger partial charge in [-0.2, -0.15) is 4.99 Å². The lowest BCUT2D eigenvalue weighted by Gasteiger charge is -2.00. The molecule has 2 rings (SSSR count). The number of isothiocyanates is 1. The first-order valence-corrected chi connectivity index (χ1v) is 5.17. The van der Waals surface area contributed by atoms with Gasteiger partial charge in [0.15, 0.2) is 0 Å². The number of rotatable bonds is 2. The number of hydrogen-bond donors (Lipinski definition) is 0. The molecule has 0 amide bonds. The Morgan fingerprint density at radius 2 is 1.75 bits per heavy atom. The van der Waals surface area contributed by atoms with E-state index < -0.39 is 0 Å². The summed E-state index contributed by atoms with van der Waals surface area (Å²) in [5.74, 6) is 0. The SMILES string of the molecule is Cc1ccc(-c2ccc(N=C=S)cn2)nc1. The molecule has 0 unspecified atom stereocenters. The Morgan fingerprint density at radius 3 is 2.25 bits per heavy atom. The second kappa shape index (κ2) is 4.75. The Bertz CT molecular complexity index is 525. The van der Waals surface area contributed by atoms with Gasteiger partial charge in [-0.25, -0.2) is 0 Å². The maximum atomic E-state index is 4.52. The standard InChI is InChI=1S/C12H9N3S/c1-9-2-4-11(13-6-9)12-5-3-10(7-14-12)15-8-16/h2-7H,1H3. The van der Waals surface area contributed by atoms with Crippen LogP contribution in [0, 0.1) is 6.92 Å². The van der Waals surface area contributed by atoms with Gasteiger partial charge in [0.25, 0.3) is 0 Å². The first kappa shape index (κ1) is 10.6. The van der Waals surface area contributed by atoms with E-state index in [0.29, 0.717) is 5.69 Å². The Morgan fingerprint density at radius 1 is 1.06 bits per heavy atom. The van der Waals surface area contributed by atoms with E-state index >= 15 is 0 Å². The zero-order valence-corrected chi connectivity index (χ0v) is 9.53. The van der Waals surface area contributed by atoms with E-state index in [2.05, 4.69) is 32.3 Å². The largest absolute Gasteiger partial charge is 0.254 e. The smallest absolute Gasteiger partial charge is 0.0923 e. The molecule has 16 heavy (non-hydrogen) atoms. The molecule has 0 saturated heterocycles. The molecule has 78 valence electrons. The molecule has 0 spiro atoms. The van der Waals surface area contributed by atoms with Crippen molar-refractivity contribution in [2.45, 2.75) is 6.92 Å². The molecule has 2 aromatic rings. The van der Waals surface area contributed by atoms with Crippen LogP contribution in [0.5, 0.6) is 0 Å². The summed E-state index contributed by atoms with van der Waals surface area (Å²) >= 11 is 4.52. The number of pyridine rings is 2. The average Bonchev–Trinajstić information content (AvgIpc) is 2.32. The van der Waals surface area contributed by atoms with Gasteiger partial charge in [0.2, 0.25) is 0 Å². The number of nitrogens with zero attached hydrogens (tertiary/aromatic N) is 3. The fourth-order valence-corrected chi connectivity index (χ4v) is 1.38. The van der Waals surface area contributed by atoms with E-state index in [-0.39, 0.29) is 0 Å². The predicted octanol–water partition coefficient (Wildman–Crippen LogP) is 3.19. The molecule has 0 aliphatic heterocycles. The van der Waals surface area contributed by atoms with Gasteiger partial charge in [-0.3, -0.25) is 9.97 Å². The molecule has 3 nitrogen and oxygen atoms in total. The molecule has 0 aliphatic carbocycles. The van der Waals surface area contributed by atoms with Crippen molar-refractivity contribution in [2.24, 2.45) is 4.99 Å². The number of thiocarbonyl (C=S) groups is 1. The molecule has 0 saturated carbocycles. The van der Waals surface area contributed by atoms with Gasteiger partial charge >= 0.3 is 0 Å². The van der Waals surface area contributed by atoms with Gasteiger partial charge in [-0.05, 0) is 42.9 Å². The van der Waals surface area contributed by atoms with E-state index in [1.54, 1.807) is 6.20 Å². The van der Waals surface area contributed by atoms with E-state index in [1.807, 2.05) is 37.4 Å². The summed E-state index contributed by atoms with van der Waals surface area (Å²) in [6, 6.07) is 7.65. The third kappa shape index (κ3) is 2.37. The van der Waals surface area contributed by atoms with Crippen molar-refractivity contribution in [1.82, 2.24) is 9.97 Å². The lowest BCUT2D eigenvalue weighted by atomic mass is 10.2. The number of aromatic nitrogens is 2. The van der Waals surface area contributed by atoms with Crippen molar-refractivity contribution < 1.29 is 0 Å². The van der Waals surface area contributed by atoms with Crippen molar-refractivity contribution in [1.29, 1.82) is 0 Å². The highest BCUT2D eigenvalue weighted by atomic mass is 32.1. The van der Waals surface area contributed by atoms with Crippen LogP contribution in [0.3, 0.4) is 0 Å². The second-order valence-electron chi connectivity index (χ2n) is 3.33. The third-order valence-electron chi connectivity index (χ3n) is 2.10. The van der Waals surface area contributed by atoms with E-state index in [1.165, 1.54) is 0 Å². The van der Waals surface area contributed by atoms with Crippen molar-refractivity contribution in [2.75, 3.05) is 0 Å². The van der Waals surface area contributed by atoms with Gasteiger partial charge in [-0.1, -0.05) is 6.07 Å². The first-order valence-electron chi connectivity index (χ1n) is 4.76. The van der Waals surface area contributed by atoms with Crippen LogP contribution in [0.1, 0.15) is 5.56 Å². The maximum absolute atomic E-state index is 4.52. The molecular formula is C12H9N3S. The highest BCUT2D eigenvalue weighted by molar-refractivity contribution is 7.78. The Hall–Kier alpha value is -1.90. The molecule has 0 fully saturated rings. The molecule has 0 bridgehead atoms. The third-order valence-corrected chi connectivity index (χ3v) is 2.19. The van der Waals surface area contributed by atoms with Gasteiger partial charge in [0.05, 0.1) is 28.4 Å². The maximum Gasteiger partial charge on any atom is 0.0923 e. The molecular weight excluding hydrogens is 218 g/mol. The Labute approximate surface area is 98.9 Å². The summed E-state index contributed by atoms with van der Waals surface area (Å²) < 4.78 is 0. The molecule has 0 N–H and O–H groups in total. The predicted molar refractivity (Wildman–Crippen MR) is 66.9 cm³/mol. The second-order valence-corrected chi connectivity index (χ2v) is 3.51. The van der Waals surface area contributed by atoms with Crippen molar-refractivity contribution in [3.63, 3.8) is 0 Å². The van der Waals surface area contributed by atoms with Crippen LogP contribution in [0.15, 0.2) is 41.7 Å². The summed E-state index contributed by atoms with van der Waals surface area (Å²) in [7, 11) is 0. The normalized spacial score (nSPS) is 9.56. The summed E-state index contributed by atoms with van der Waals surface area (Å²) in [5, 5.41) is 2.30. The van der Waals surface area contributed by atoms with Crippen molar-refractivity contribution >= 4 is 23.1 Å². The molecule has 0 radical (unpaired) electrons. The molecule has 0 atom stereocenters. The van der Waals surface area contributed by atoms with E-state index in [9.17, 15) is 0 Å². The van der Waals surface area contributed by atoms with Crippen LogP contribution in [0.25, 0.3) is 11.4 Å². The fraction of sp³-hybridized carbons (Fsp3) is 0.0833. The minimum absolute atomic E-state index is 0.700. The quantitative estimate of drug-likeness (QED) is 0.584.